The fourth-order valence-corrected chi connectivity index (χ4v) is 2.96. The predicted molar refractivity (Wildman–Crippen MR) is 106 cm³/mol. The predicted octanol–water partition coefficient (Wildman–Crippen LogP) is 4.75. The van der Waals surface area contributed by atoms with Crippen LogP contribution in [0.2, 0.25) is 0 Å². The molecule has 1 heterocycles. The highest BCUT2D eigenvalue weighted by Crippen LogP contribution is 2.32. The van der Waals surface area contributed by atoms with Gasteiger partial charge in [0, 0.05) is 17.3 Å². The van der Waals surface area contributed by atoms with Crippen LogP contribution in [0.4, 0.5) is 11.4 Å². The van der Waals surface area contributed by atoms with Crippen molar-refractivity contribution in [3.63, 3.8) is 0 Å². The molecule has 1 aliphatic rings. The summed E-state index contributed by atoms with van der Waals surface area (Å²) in [4.78, 5) is 15.0. The maximum absolute atomic E-state index is 13.3. The van der Waals surface area contributed by atoms with Crippen LogP contribution in [0.15, 0.2) is 78.9 Å². The molecule has 1 saturated heterocycles. The van der Waals surface area contributed by atoms with Crippen molar-refractivity contribution >= 4 is 17.3 Å². The van der Waals surface area contributed by atoms with Gasteiger partial charge in [0.1, 0.15) is 18.5 Å². The van der Waals surface area contributed by atoms with Crippen molar-refractivity contribution in [2.24, 2.45) is 0 Å². The van der Waals surface area contributed by atoms with Gasteiger partial charge in [-0.2, -0.15) is 0 Å². The summed E-state index contributed by atoms with van der Waals surface area (Å²) in [5, 5.41) is 0. The fourth-order valence-electron chi connectivity index (χ4n) is 2.96. The van der Waals surface area contributed by atoms with E-state index in [0.29, 0.717) is 12.2 Å². The molecular weight excluding hydrogens is 338 g/mol. The van der Waals surface area contributed by atoms with E-state index in [0.717, 1.165) is 29.3 Å². The lowest BCUT2D eigenvalue weighted by molar-refractivity contribution is 0.0999. The Kier molecular flexibility index (Phi) is 4.90. The number of hydrogen-bond donors (Lipinski definition) is 0. The molecule has 3 aromatic carbocycles. The topological polar surface area (TPSA) is 42.1 Å². The van der Waals surface area contributed by atoms with E-state index in [1.54, 1.807) is 4.90 Å². The molecule has 1 aliphatic heterocycles. The van der Waals surface area contributed by atoms with Crippen LogP contribution in [0.5, 0.6) is 5.75 Å². The Balaban J connectivity index is 1.73. The van der Waals surface area contributed by atoms with Gasteiger partial charge in [-0.05, 0) is 48.9 Å². The third kappa shape index (κ3) is 4.18. The molecule has 0 spiro atoms. The number of amides is 1. The number of carbonyl (C=O) groups excluding carboxylic acids is 1. The van der Waals surface area contributed by atoms with E-state index < -0.39 is 0 Å². The molecule has 0 N–H and O–H groups in total. The van der Waals surface area contributed by atoms with Crippen LogP contribution < -0.4 is 9.64 Å². The van der Waals surface area contributed by atoms with E-state index in [2.05, 4.69) is 0 Å². The van der Waals surface area contributed by atoms with Gasteiger partial charge in [-0.3, -0.25) is 9.69 Å². The van der Waals surface area contributed by atoms with Crippen molar-refractivity contribution in [1.82, 2.24) is 0 Å². The monoisotopic (exact) mass is 359 g/mol. The lowest BCUT2D eigenvalue weighted by Crippen LogP contribution is -2.26. The molecule has 0 aromatic heterocycles. The average Bonchev–Trinajstić information content (AvgIpc) is 3.52. The number of epoxide rings is 1. The van der Waals surface area contributed by atoms with Crippen LogP contribution in [0.1, 0.15) is 15.9 Å². The average molecular weight is 359 g/mol. The number of anilines is 2. The fraction of sp³-hybridized carbons (Fsp3) is 0.174. The minimum Gasteiger partial charge on any atom is -0.491 e. The summed E-state index contributed by atoms with van der Waals surface area (Å²) in [5.41, 5.74) is 3.26. The molecule has 4 rings (SSSR count). The lowest BCUT2D eigenvalue weighted by atomic mass is 10.1. The summed E-state index contributed by atoms with van der Waals surface area (Å²) in [6.07, 6.45) is 0.185. The third-order valence-corrected chi connectivity index (χ3v) is 4.37. The lowest BCUT2D eigenvalue weighted by Gasteiger charge is -2.24. The van der Waals surface area contributed by atoms with Gasteiger partial charge in [-0.15, -0.1) is 0 Å². The van der Waals surface area contributed by atoms with Crippen LogP contribution in [-0.4, -0.2) is 25.2 Å². The van der Waals surface area contributed by atoms with E-state index in [1.165, 1.54) is 0 Å². The van der Waals surface area contributed by atoms with Gasteiger partial charge in [-0.25, -0.2) is 0 Å². The first kappa shape index (κ1) is 17.3. The Morgan fingerprint density at radius 1 is 1.00 bits per heavy atom. The summed E-state index contributed by atoms with van der Waals surface area (Å²) >= 11 is 0. The summed E-state index contributed by atoms with van der Waals surface area (Å²) in [5.74, 6) is 0.658. The van der Waals surface area contributed by atoms with Crippen molar-refractivity contribution in [3.05, 3.63) is 90.0 Å². The van der Waals surface area contributed by atoms with E-state index in [4.69, 9.17) is 9.47 Å². The second kappa shape index (κ2) is 7.64. The number of ether oxygens (including phenoxy) is 2. The van der Waals surface area contributed by atoms with E-state index in [-0.39, 0.29) is 12.0 Å². The second-order valence-electron chi connectivity index (χ2n) is 6.61. The Morgan fingerprint density at radius 2 is 1.67 bits per heavy atom. The highest BCUT2D eigenvalue weighted by molar-refractivity contribution is 6.11. The third-order valence-electron chi connectivity index (χ3n) is 4.37. The minimum absolute atomic E-state index is 0.0797. The molecule has 4 heteroatoms. The number of nitrogens with zero attached hydrogens (tertiary/aromatic N) is 1. The Morgan fingerprint density at radius 3 is 2.33 bits per heavy atom. The molecule has 0 saturated carbocycles. The van der Waals surface area contributed by atoms with Crippen molar-refractivity contribution in [2.75, 3.05) is 18.1 Å². The van der Waals surface area contributed by atoms with Gasteiger partial charge < -0.3 is 9.47 Å². The van der Waals surface area contributed by atoms with Gasteiger partial charge in [-0.1, -0.05) is 36.4 Å². The smallest absolute Gasteiger partial charge is 0.262 e. The zero-order chi connectivity index (χ0) is 18.6. The van der Waals surface area contributed by atoms with Gasteiger partial charge >= 0.3 is 0 Å². The van der Waals surface area contributed by atoms with E-state index in [9.17, 15) is 4.79 Å². The highest BCUT2D eigenvalue weighted by atomic mass is 16.6. The molecule has 1 unspecified atom stereocenters. The first-order chi connectivity index (χ1) is 13.2. The SMILES string of the molecule is Cc1cc(OCC2CO2)cc(N(C(=O)c2ccccc2)c2ccccc2)c1. The minimum atomic E-state index is -0.0797. The molecule has 27 heavy (non-hydrogen) atoms. The number of rotatable bonds is 6. The summed E-state index contributed by atoms with van der Waals surface area (Å²) in [6, 6.07) is 24.8. The Labute approximate surface area is 159 Å². The molecule has 1 atom stereocenters. The number of aryl methyl sites for hydroxylation is 1. The Hall–Kier alpha value is -3.11. The summed E-state index contributed by atoms with van der Waals surface area (Å²) in [6.45, 7) is 3.28. The zero-order valence-corrected chi connectivity index (χ0v) is 15.2. The highest BCUT2D eigenvalue weighted by Gasteiger charge is 2.24. The first-order valence-electron chi connectivity index (χ1n) is 9.01. The quantitative estimate of drug-likeness (QED) is 0.597. The van der Waals surface area contributed by atoms with Gasteiger partial charge in [0.2, 0.25) is 0 Å². The van der Waals surface area contributed by atoms with Gasteiger partial charge in [0.05, 0.1) is 12.3 Å². The van der Waals surface area contributed by atoms with Crippen molar-refractivity contribution in [3.8, 4) is 5.75 Å². The van der Waals surface area contributed by atoms with Crippen molar-refractivity contribution in [2.45, 2.75) is 13.0 Å². The molecule has 0 bridgehead atoms. The van der Waals surface area contributed by atoms with Crippen LogP contribution in [-0.2, 0) is 4.74 Å². The summed E-state index contributed by atoms with van der Waals surface area (Å²) < 4.78 is 11.1. The summed E-state index contributed by atoms with van der Waals surface area (Å²) in [7, 11) is 0. The number of carbonyl (C=O) groups is 1. The van der Waals surface area contributed by atoms with Gasteiger partial charge in [0.15, 0.2) is 0 Å². The molecule has 1 fully saturated rings. The molecule has 1 amide bonds. The van der Waals surface area contributed by atoms with Crippen LogP contribution in [0.3, 0.4) is 0 Å². The molecule has 4 nitrogen and oxygen atoms in total. The molecular formula is C23H21NO3. The second-order valence-corrected chi connectivity index (χ2v) is 6.61. The molecule has 0 aliphatic carbocycles. The normalized spacial score (nSPS) is 15.2. The molecule has 136 valence electrons. The van der Waals surface area contributed by atoms with E-state index in [1.807, 2.05) is 85.8 Å². The van der Waals surface area contributed by atoms with Gasteiger partial charge in [0.25, 0.3) is 5.91 Å². The van der Waals surface area contributed by atoms with E-state index >= 15 is 0 Å². The number of benzene rings is 3. The van der Waals surface area contributed by atoms with Crippen LogP contribution >= 0.6 is 0 Å². The molecule has 3 aromatic rings. The van der Waals surface area contributed by atoms with Crippen LogP contribution in [0, 0.1) is 6.92 Å². The maximum atomic E-state index is 13.3. The standard InChI is InChI=1S/C23H21NO3/c1-17-12-20(14-21(13-17)26-15-22-16-27-22)24(19-10-6-3-7-11-19)23(25)18-8-4-2-5-9-18/h2-14,22H,15-16H2,1H3. The first-order valence-corrected chi connectivity index (χ1v) is 9.01. The zero-order valence-electron chi connectivity index (χ0n) is 15.2. The number of para-hydroxylation sites is 1. The Bertz CT molecular complexity index is 921. The maximum Gasteiger partial charge on any atom is 0.262 e. The molecule has 0 radical (unpaired) electrons. The largest absolute Gasteiger partial charge is 0.491 e. The number of hydrogen-bond acceptors (Lipinski definition) is 3. The van der Waals surface area contributed by atoms with Crippen molar-refractivity contribution < 1.29 is 14.3 Å². The van der Waals surface area contributed by atoms with Crippen molar-refractivity contribution in [1.29, 1.82) is 0 Å². The van der Waals surface area contributed by atoms with Crippen LogP contribution in [0.25, 0.3) is 0 Å².